The van der Waals surface area contributed by atoms with Gasteiger partial charge in [0, 0.05) is 5.56 Å². The SMILES string of the molecule is CCCOc1ccc(-c2nc3sc(=Cc4cccc(OC)c4)c(=O)n3n2)cc1. The van der Waals surface area contributed by atoms with Crippen LogP contribution < -0.4 is 19.6 Å². The first-order valence-electron chi connectivity index (χ1n) is 8.96. The maximum Gasteiger partial charge on any atom is 0.291 e. The van der Waals surface area contributed by atoms with E-state index in [4.69, 9.17) is 9.47 Å². The van der Waals surface area contributed by atoms with Crippen LogP contribution in [0.4, 0.5) is 0 Å². The van der Waals surface area contributed by atoms with Gasteiger partial charge in [0.1, 0.15) is 11.5 Å². The summed E-state index contributed by atoms with van der Waals surface area (Å²) in [7, 11) is 1.62. The fraction of sp³-hybridized carbons (Fsp3) is 0.190. The summed E-state index contributed by atoms with van der Waals surface area (Å²) in [4.78, 5) is 17.8. The number of hydrogen-bond acceptors (Lipinski definition) is 6. The van der Waals surface area contributed by atoms with E-state index < -0.39 is 0 Å². The minimum absolute atomic E-state index is 0.176. The van der Waals surface area contributed by atoms with Crippen LogP contribution >= 0.6 is 11.3 Å². The van der Waals surface area contributed by atoms with Gasteiger partial charge >= 0.3 is 0 Å². The molecule has 0 radical (unpaired) electrons. The van der Waals surface area contributed by atoms with Crippen molar-refractivity contribution >= 4 is 22.4 Å². The highest BCUT2D eigenvalue weighted by Gasteiger charge is 2.12. The van der Waals surface area contributed by atoms with E-state index in [1.165, 1.54) is 15.9 Å². The molecule has 4 aromatic rings. The van der Waals surface area contributed by atoms with Gasteiger partial charge in [-0.2, -0.15) is 9.50 Å². The highest BCUT2D eigenvalue weighted by atomic mass is 32.1. The van der Waals surface area contributed by atoms with Crippen molar-refractivity contribution in [3.8, 4) is 22.9 Å². The lowest BCUT2D eigenvalue weighted by Crippen LogP contribution is -2.23. The Morgan fingerprint density at radius 3 is 2.68 bits per heavy atom. The Bertz CT molecular complexity index is 1210. The smallest absolute Gasteiger partial charge is 0.291 e. The van der Waals surface area contributed by atoms with Crippen molar-refractivity contribution in [1.29, 1.82) is 0 Å². The van der Waals surface area contributed by atoms with E-state index in [1.807, 2.05) is 54.6 Å². The van der Waals surface area contributed by atoms with E-state index in [-0.39, 0.29) is 5.56 Å². The number of methoxy groups -OCH3 is 1. The molecule has 0 bridgehead atoms. The van der Waals surface area contributed by atoms with Crippen molar-refractivity contribution in [3.63, 3.8) is 0 Å². The first kappa shape index (κ1) is 18.2. The molecule has 0 saturated heterocycles. The molecule has 2 aromatic carbocycles. The van der Waals surface area contributed by atoms with Gasteiger partial charge in [0.15, 0.2) is 5.82 Å². The van der Waals surface area contributed by atoms with Crippen LogP contribution in [0.5, 0.6) is 11.5 Å². The lowest BCUT2D eigenvalue weighted by Gasteiger charge is -2.04. The molecule has 0 fully saturated rings. The summed E-state index contributed by atoms with van der Waals surface area (Å²) in [5.41, 5.74) is 1.56. The summed E-state index contributed by atoms with van der Waals surface area (Å²) in [5, 5.41) is 4.39. The van der Waals surface area contributed by atoms with E-state index in [2.05, 4.69) is 17.0 Å². The van der Waals surface area contributed by atoms with Gasteiger partial charge in [0.2, 0.25) is 4.96 Å². The van der Waals surface area contributed by atoms with Gasteiger partial charge in [-0.15, -0.1) is 5.10 Å². The molecule has 0 aliphatic rings. The summed E-state index contributed by atoms with van der Waals surface area (Å²) in [5.74, 6) is 2.08. The standard InChI is InChI=1S/C21H19N3O3S/c1-3-11-27-16-9-7-15(8-10-16)19-22-21-24(23-19)20(25)18(28-21)13-14-5-4-6-17(12-14)26-2/h4-10,12-13H,3,11H2,1-2H3. The Hall–Kier alpha value is -3.19. The number of nitrogens with zero attached hydrogens (tertiary/aromatic N) is 3. The molecule has 2 heterocycles. The molecule has 0 unspecified atom stereocenters. The molecule has 0 aliphatic heterocycles. The quantitative estimate of drug-likeness (QED) is 0.503. The molecule has 6 nitrogen and oxygen atoms in total. The molecular weight excluding hydrogens is 374 g/mol. The normalized spacial score (nSPS) is 11.9. The van der Waals surface area contributed by atoms with Crippen LogP contribution in [0.15, 0.2) is 53.3 Å². The highest BCUT2D eigenvalue weighted by Crippen LogP contribution is 2.20. The molecule has 0 saturated carbocycles. The van der Waals surface area contributed by atoms with Gasteiger partial charge < -0.3 is 9.47 Å². The van der Waals surface area contributed by atoms with Crippen molar-refractivity contribution in [2.45, 2.75) is 13.3 Å². The number of hydrogen-bond donors (Lipinski definition) is 0. The summed E-state index contributed by atoms with van der Waals surface area (Å²) >= 11 is 1.32. The molecule has 4 rings (SSSR count). The van der Waals surface area contributed by atoms with Crippen molar-refractivity contribution in [2.24, 2.45) is 0 Å². The summed E-state index contributed by atoms with van der Waals surface area (Å²) in [6.45, 7) is 2.75. The van der Waals surface area contributed by atoms with Gasteiger partial charge in [-0.1, -0.05) is 30.4 Å². The molecule has 0 amide bonds. The number of fused-ring (bicyclic) bond motifs is 1. The summed E-state index contributed by atoms with van der Waals surface area (Å²) in [6, 6.07) is 15.1. The molecule has 0 N–H and O–H groups in total. The van der Waals surface area contributed by atoms with Crippen LogP contribution in [0.3, 0.4) is 0 Å². The zero-order valence-corrected chi connectivity index (χ0v) is 16.4. The average Bonchev–Trinajstić information content (AvgIpc) is 3.26. The largest absolute Gasteiger partial charge is 0.497 e. The van der Waals surface area contributed by atoms with Gasteiger partial charge in [-0.05, 0) is 54.5 Å². The Balaban J connectivity index is 1.66. The van der Waals surface area contributed by atoms with Crippen LogP contribution in [0.2, 0.25) is 0 Å². The van der Waals surface area contributed by atoms with Crippen LogP contribution in [0, 0.1) is 0 Å². The van der Waals surface area contributed by atoms with Crippen LogP contribution in [0.25, 0.3) is 22.4 Å². The fourth-order valence-electron chi connectivity index (χ4n) is 2.76. The van der Waals surface area contributed by atoms with Gasteiger partial charge in [-0.3, -0.25) is 4.79 Å². The van der Waals surface area contributed by atoms with E-state index in [0.717, 1.165) is 29.0 Å². The zero-order valence-electron chi connectivity index (χ0n) is 15.6. The number of aromatic nitrogens is 3. The van der Waals surface area contributed by atoms with Crippen molar-refractivity contribution in [1.82, 2.24) is 14.6 Å². The number of ether oxygens (including phenoxy) is 2. The Morgan fingerprint density at radius 2 is 1.96 bits per heavy atom. The maximum absolute atomic E-state index is 12.7. The molecule has 0 aliphatic carbocycles. The minimum atomic E-state index is -0.176. The number of thiazole rings is 1. The Kier molecular flexibility index (Phi) is 5.08. The maximum atomic E-state index is 12.7. The number of rotatable bonds is 6. The molecular formula is C21H19N3O3S. The fourth-order valence-corrected chi connectivity index (χ4v) is 3.67. The zero-order chi connectivity index (χ0) is 19.5. The predicted molar refractivity (Wildman–Crippen MR) is 110 cm³/mol. The lowest BCUT2D eigenvalue weighted by atomic mass is 10.2. The third-order valence-corrected chi connectivity index (χ3v) is 5.12. The first-order valence-corrected chi connectivity index (χ1v) is 9.78. The second-order valence-electron chi connectivity index (χ2n) is 6.20. The predicted octanol–water partition coefficient (Wildman–Crippen LogP) is 3.16. The third kappa shape index (κ3) is 3.61. The van der Waals surface area contributed by atoms with Crippen molar-refractivity contribution < 1.29 is 9.47 Å². The molecule has 0 atom stereocenters. The second kappa shape index (κ2) is 7.82. The number of benzene rings is 2. The van der Waals surface area contributed by atoms with Crippen LogP contribution in [0.1, 0.15) is 18.9 Å². The summed E-state index contributed by atoms with van der Waals surface area (Å²) < 4.78 is 12.8. The van der Waals surface area contributed by atoms with Crippen LogP contribution in [-0.2, 0) is 0 Å². The average molecular weight is 393 g/mol. The topological polar surface area (TPSA) is 65.7 Å². The highest BCUT2D eigenvalue weighted by molar-refractivity contribution is 7.15. The van der Waals surface area contributed by atoms with Gasteiger partial charge in [0.05, 0.1) is 18.2 Å². The lowest BCUT2D eigenvalue weighted by molar-refractivity contribution is 0.317. The van der Waals surface area contributed by atoms with E-state index in [9.17, 15) is 4.79 Å². The van der Waals surface area contributed by atoms with Crippen LogP contribution in [-0.4, -0.2) is 28.3 Å². The van der Waals surface area contributed by atoms with E-state index in [1.54, 1.807) is 7.11 Å². The second-order valence-corrected chi connectivity index (χ2v) is 7.20. The van der Waals surface area contributed by atoms with Crippen molar-refractivity contribution in [3.05, 3.63) is 69.0 Å². The van der Waals surface area contributed by atoms with E-state index in [0.29, 0.717) is 21.9 Å². The third-order valence-electron chi connectivity index (χ3n) is 4.16. The van der Waals surface area contributed by atoms with E-state index >= 15 is 0 Å². The van der Waals surface area contributed by atoms with Gasteiger partial charge in [0.25, 0.3) is 5.56 Å². The summed E-state index contributed by atoms with van der Waals surface area (Å²) in [6.07, 6.45) is 2.79. The van der Waals surface area contributed by atoms with Gasteiger partial charge in [-0.25, -0.2) is 0 Å². The molecule has 142 valence electrons. The molecule has 0 spiro atoms. The molecule has 28 heavy (non-hydrogen) atoms. The van der Waals surface area contributed by atoms with Crippen molar-refractivity contribution in [2.75, 3.05) is 13.7 Å². The first-order chi connectivity index (χ1) is 13.7. The molecule has 7 heteroatoms. The monoisotopic (exact) mass is 393 g/mol. The minimum Gasteiger partial charge on any atom is -0.497 e. The molecule has 2 aromatic heterocycles. The Morgan fingerprint density at radius 1 is 1.14 bits per heavy atom. The Labute approximate surface area is 165 Å².